The molecule has 0 aromatic rings. The van der Waals surface area contributed by atoms with Crippen molar-refractivity contribution in [1.29, 1.82) is 0 Å². The number of aliphatic hydroxyl groups is 1. The predicted octanol–water partition coefficient (Wildman–Crippen LogP) is 2.82. The van der Waals surface area contributed by atoms with Gasteiger partial charge in [-0.1, -0.05) is 24.6 Å². The van der Waals surface area contributed by atoms with Gasteiger partial charge in [0.15, 0.2) is 0 Å². The summed E-state index contributed by atoms with van der Waals surface area (Å²) in [5.74, 6) is 0. The Hall–Kier alpha value is -0.560. The Bertz CT molecular complexity index is 171. The third-order valence-corrected chi connectivity index (χ3v) is 2.40. The van der Waals surface area contributed by atoms with Crippen molar-refractivity contribution in [3.63, 3.8) is 0 Å². The average Bonchev–Trinajstić information content (AvgIpc) is 2.16. The second kappa shape index (κ2) is 5.15. The van der Waals surface area contributed by atoms with Crippen LogP contribution in [0.3, 0.4) is 0 Å². The molecule has 1 rings (SSSR count). The van der Waals surface area contributed by atoms with Crippen LogP contribution >= 0.6 is 0 Å². The summed E-state index contributed by atoms with van der Waals surface area (Å²) in [6.07, 6.45) is 9.72. The van der Waals surface area contributed by atoms with Gasteiger partial charge >= 0.3 is 0 Å². The zero-order valence-corrected chi connectivity index (χ0v) is 7.68. The van der Waals surface area contributed by atoms with Crippen LogP contribution in [0.4, 0.5) is 0 Å². The number of hydrogen-bond acceptors (Lipinski definition) is 1. The van der Waals surface area contributed by atoms with Crippen molar-refractivity contribution in [3.8, 4) is 0 Å². The highest BCUT2D eigenvalue weighted by molar-refractivity contribution is 5.10. The normalized spacial score (nSPS) is 17.6. The topological polar surface area (TPSA) is 20.2 Å². The van der Waals surface area contributed by atoms with Crippen molar-refractivity contribution in [2.24, 2.45) is 0 Å². The molecule has 1 nitrogen and oxygen atoms in total. The number of hydrogen-bond donors (Lipinski definition) is 1. The fourth-order valence-corrected chi connectivity index (χ4v) is 1.56. The molecule has 0 unspecified atom stereocenters. The molecule has 1 heteroatoms. The van der Waals surface area contributed by atoms with Crippen LogP contribution in [0.15, 0.2) is 23.8 Å². The Morgan fingerprint density at radius 1 is 1.33 bits per heavy atom. The standard InChI is InChI=1S/C11H18O/c1-10(9-12)7-8-11-5-3-2-4-6-11/h8,12H,1-7,9H2. The lowest BCUT2D eigenvalue weighted by molar-refractivity contribution is 0.329. The summed E-state index contributed by atoms with van der Waals surface area (Å²) in [5.41, 5.74) is 2.49. The van der Waals surface area contributed by atoms with Crippen LogP contribution in [0, 0.1) is 0 Å². The minimum atomic E-state index is 0.129. The molecule has 0 radical (unpaired) electrons. The Kier molecular flexibility index (Phi) is 4.09. The van der Waals surface area contributed by atoms with Crippen molar-refractivity contribution in [1.82, 2.24) is 0 Å². The first kappa shape index (κ1) is 9.53. The van der Waals surface area contributed by atoms with E-state index >= 15 is 0 Å². The van der Waals surface area contributed by atoms with E-state index in [1.54, 1.807) is 5.57 Å². The molecule has 1 fully saturated rings. The summed E-state index contributed by atoms with van der Waals surface area (Å²) in [6, 6.07) is 0. The van der Waals surface area contributed by atoms with Gasteiger partial charge in [0, 0.05) is 0 Å². The lowest BCUT2D eigenvalue weighted by Gasteiger charge is -2.13. The van der Waals surface area contributed by atoms with Crippen LogP contribution in [0.2, 0.25) is 0 Å². The molecule has 1 aliphatic rings. The van der Waals surface area contributed by atoms with E-state index in [0.29, 0.717) is 0 Å². The first-order chi connectivity index (χ1) is 5.83. The molecule has 1 aliphatic carbocycles. The van der Waals surface area contributed by atoms with Gasteiger partial charge in [0.05, 0.1) is 6.61 Å². The number of rotatable bonds is 3. The SMILES string of the molecule is C=C(CO)CC=C1CCCCC1. The monoisotopic (exact) mass is 166 g/mol. The summed E-state index contributed by atoms with van der Waals surface area (Å²) < 4.78 is 0. The van der Waals surface area contributed by atoms with Crippen molar-refractivity contribution < 1.29 is 5.11 Å². The van der Waals surface area contributed by atoms with E-state index < -0.39 is 0 Å². The third-order valence-electron chi connectivity index (χ3n) is 2.40. The van der Waals surface area contributed by atoms with Crippen LogP contribution < -0.4 is 0 Å². The largest absolute Gasteiger partial charge is 0.392 e. The quantitative estimate of drug-likeness (QED) is 0.639. The Labute approximate surface area is 74.8 Å². The van der Waals surface area contributed by atoms with Crippen molar-refractivity contribution >= 4 is 0 Å². The lowest BCUT2D eigenvalue weighted by atomic mass is 9.94. The molecular formula is C11H18O. The summed E-state index contributed by atoms with van der Waals surface area (Å²) in [6.45, 7) is 3.89. The van der Waals surface area contributed by atoms with Crippen LogP contribution in [0.1, 0.15) is 38.5 Å². The van der Waals surface area contributed by atoms with Gasteiger partial charge in [-0.15, -0.1) is 0 Å². The van der Waals surface area contributed by atoms with Gasteiger partial charge in [-0.25, -0.2) is 0 Å². The average molecular weight is 166 g/mol. The van der Waals surface area contributed by atoms with Gasteiger partial charge in [-0.2, -0.15) is 0 Å². The van der Waals surface area contributed by atoms with Gasteiger partial charge in [0.1, 0.15) is 0 Å². The maximum Gasteiger partial charge on any atom is 0.0642 e. The van der Waals surface area contributed by atoms with Crippen molar-refractivity contribution in [2.45, 2.75) is 38.5 Å². The van der Waals surface area contributed by atoms with E-state index in [0.717, 1.165) is 12.0 Å². The second-order valence-electron chi connectivity index (χ2n) is 3.54. The van der Waals surface area contributed by atoms with Gasteiger partial charge in [0.25, 0.3) is 0 Å². The summed E-state index contributed by atoms with van der Waals surface area (Å²) in [5, 5.41) is 8.74. The Morgan fingerprint density at radius 3 is 2.58 bits per heavy atom. The van der Waals surface area contributed by atoms with Gasteiger partial charge in [-0.3, -0.25) is 0 Å². The maximum atomic E-state index is 8.74. The van der Waals surface area contributed by atoms with Gasteiger partial charge < -0.3 is 5.11 Å². The first-order valence-electron chi connectivity index (χ1n) is 4.78. The zero-order valence-electron chi connectivity index (χ0n) is 7.68. The molecule has 0 atom stereocenters. The van der Waals surface area contributed by atoms with Crippen LogP contribution in [-0.2, 0) is 0 Å². The predicted molar refractivity (Wildman–Crippen MR) is 52.0 cm³/mol. The van der Waals surface area contributed by atoms with Crippen LogP contribution in [-0.4, -0.2) is 11.7 Å². The second-order valence-corrected chi connectivity index (χ2v) is 3.54. The highest BCUT2D eigenvalue weighted by Gasteiger charge is 2.04. The van der Waals surface area contributed by atoms with E-state index in [2.05, 4.69) is 12.7 Å². The van der Waals surface area contributed by atoms with Crippen LogP contribution in [0.5, 0.6) is 0 Å². The molecule has 0 heterocycles. The first-order valence-corrected chi connectivity index (χ1v) is 4.78. The molecule has 0 spiro atoms. The fraction of sp³-hybridized carbons (Fsp3) is 0.636. The van der Waals surface area contributed by atoms with E-state index in [-0.39, 0.29) is 6.61 Å². The minimum absolute atomic E-state index is 0.129. The Morgan fingerprint density at radius 2 is 2.00 bits per heavy atom. The molecule has 0 bridgehead atoms. The van der Waals surface area contributed by atoms with Crippen molar-refractivity contribution in [2.75, 3.05) is 6.61 Å². The fourth-order valence-electron chi connectivity index (χ4n) is 1.56. The number of aliphatic hydroxyl groups excluding tert-OH is 1. The molecule has 0 aliphatic heterocycles. The summed E-state index contributed by atoms with van der Waals surface area (Å²) in [7, 11) is 0. The van der Waals surface area contributed by atoms with E-state index in [1.165, 1.54) is 32.1 Å². The zero-order chi connectivity index (χ0) is 8.81. The van der Waals surface area contributed by atoms with Gasteiger partial charge in [0.2, 0.25) is 0 Å². The highest BCUT2D eigenvalue weighted by atomic mass is 16.3. The lowest BCUT2D eigenvalue weighted by Crippen LogP contribution is -1.94. The maximum absolute atomic E-state index is 8.74. The van der Waals surface area contributed by atoms with E-state index in [1.807, 2.05) is 0 Å². The highest BCUT2D eigenvalue weighted by Crippen LogP contribution is 2.23. The molecule has 0 saturated heterocycles. The molecule has 68 valence electrons. The molecule has 0 aromatic heterocycles. The molecule has 1 N–H and O–H groups in total. The molecule has 12 heavy (non-hydrogen) atoms. The van der Waals surface area contributed by atoms with E-state index in [9.17, 15) is 0 Å². The van der Waals surface area contributed by atoms with Gasteiger partial charge in [-0.05, 0) is 37.7 Å². The molecular weight excluding hydrogens is 148 g/mol. The molecule has 0 aromatic carbocycles. The summed E-state index contributed by atoms with van der Waals surface area (Å²) >= 11 is 0. The summed E-state index contributed by atoms with van der Waals surface area (Å²) in [4.78, 5) is 0. The Balaban J connectivity index is 2.29. The third kappa shape index (κ3) is 3.22. The smallest absolute Gasteiger partial charge is 0.0642 e. The van der Waals surface area contributed by atoms with Crippen molar-refractivity contribution in [3.05, 3.63) is 23.8 Å². The molecule has 0 amide bonds. The number of allylic oxidation sites excluding steroid dienone is 2. The van der Waals surface area contributed by atoms with Crippen LogP contribution in [0.25, 0.3) is 0 Å². The molecule has 1 saturated carbocycles. The minimum Gasteiger partial charge on any atom is -0.392 e. The van der Waals surface area contributed by atoms with E-state index in [4.69, 9.17) is 5.11 Å².